The molecule has 1 aromatic heterocycles. The Balaban J connectivity index is 0.000000209. The molecule has 0 bridgehead atoms. The molecule has 0 aliphatic heterocycles. The number of carbonyl (C=O) groups excluding carboxylic acids is 1. The van der Waals surface area contributed by atoms with Gasteiger partial charge in [0, 0.05) is 38.1 Å². The van der Waals surface area contributed by atoms with Gasteiger partial charge in [-0.15, -0.1) is 0 Å². The number of nitrogens with one attached hydrogen (secondary N) is 1. The van der Waals surface area contributed by atoms with Crippen LogP contribution in [0.5, 0.6) is 0 Å². The van der Waals surface area contributed by atoms with Crippen molar-refractivity contribution in [2.45, 2.75) is 6.92 Å². The minimum absolute atomic E-state index is 0.664. The summed E-state index contributed by atoms with van der Waals surface area (Å²) in [4.78, 5) is 12.5. The summed E-state index contributed by atoms with van der Waals surface area (Å²) in [6, 6.07) is 16.1. The van der Waals surface area contributed by atoms with Crippen LogP contribution in [0, 0.1) is 6.92 Å². The van der Waals surface area contributed by atoms with E-state index in [1.165, 1.54) is 11.3 Å². The third kappa shape index (κ3) is 5.20. The molecule has 1 amide bonds. The van der Waals surface area contributed by atoms with E-state index in [4.69, 9.17) is 0 Å². The third-order valence-electron chi connectivity index (χ3n) is 3.81. The van der Waals surface area contributed by atoms with Gasteiger partial charge >= 0.3 is 0 Å². The van der Waals surface area contributed by atoms with E-state index in [2.05, 4.69) is 62.4 Å². The van der Waals surface area contributed by atoms with Crippen molar-refractivity contribution >= 4 is 33.7 Å². The summed E-state index contributed by atoms with van der Waals surface area (Å²) < 4.78 is 2.71. The Morgan fingerprint density at radius 1 is 1.15 bits per heavy atom. The molecular weight excluding hydrogens is 392 g/mol. The molecule has 1 heterocycles. The number of carbonyl (C=O) groups is 1. The number of aromatic nitrogens is 2. The van der Waals surface area contributed by atoms with Gasteiger partial charge in [-0.05, 0) is 47.1 Å². The second-order valence-electron chi connectivity index (χ2n) is 6.04. The highest BCUT2D eigenvalue weighted by molar-refractivity contribution is 9.10. The summed E-state index contributed by atoms with van der Waals surface area (Å²) >= 11 is 3.44. The van der Waals surface area contributed by atoms with Gasteiger partial charge in [-0.2, -0.15) is 5.10 Å². The van der Waals surface area contributed by atoms with Gasteiger partial charge in [0.2, 0.25) is 6.41 Å². The summed E-state index contributed by atoms with van der Waals surface area (Å²) in [5, 5.41) is 6.77. The lowest BCUT2D eigenvalue weighted by atomic mass is 10.1. The molecule has 2 aromatic carbocycles. The van der Waals surface area contributed by atoms with Gasteiger partial charge in [0.15, 0.2) is 0 Å². The summed E-state index contributed by atoms with van der Waals surface area (Å²) in [5.41, 5.74) is 5.31. The van der Waals surface area contributed by atoms with Crippen LogP contribution in [0.1, 0.15) is 5.56 Å². The maximum absolute atomic E-state index is 10.4. The first-order valence-electron chi connectivity index (χ1n) is 8.14. The van der Waals surface area contributed by atoms with Gasteiger partial charge in [-0.3, -0.25) is 9.48 Å². The Bertz CT molecular complexity index is 837. The Hall–Kier alpha value is -2.60. The van der Waals surface area contributed by atoms with Crippen LogP contribution in [-0.2, 0) is 11.8 Å². The minimum Gasteiger partial charge on any atom is -0.378 e. The number of aryl methyl sites for hydroxylation is 2. The average Bonchev–Trinajstić information content (AvgIpc) is 2.95. The van der Waals surface area contributed by atoms with Crippen molar-refractivity contribution in [1.82, 2.24) is 9.78 Å². The van der Waals surface area contributed by atoms with E-state index in [0.717, 1.165) is 21.4 Å². The summed E-state index contributed by atoms with van der Waals surface area (Å²) in [7, 11) is 5.97. The number of benzene rings is 2. The SMILES string of the molecule is Cc1ccc(N(C)C)cc1.Cn1ncc(Br)c1-c1cccc(NC=O)c1. The standard InChI is InChI=1S/C11H10BrN3O.C9H13N/c1-15-11(10(12)6-14-15)8-3-2-4-9(5-8)13-7-16;1-8-4-6-9(7-5-8)10(2)3/h2-7H,1H3,(H,13,16);4-7H,1-3H3. The van der Waals surface area contributed by atoms with Gasteiger partial charge < -0.3 is 10.2 Å². The van der Waals surface area contributed by atoms with Crippen LogP contribution in [0.25, 0.3) is 11.3 Å². The predicted octanol–water partition coefficient (Wildman–Crippen LogP) is 4.48. The van der Waals surface area contributed by atoms with Crippen molar-refractivity contribution in [3.63, 3.8) is 0 Å². The van der Waals surface area contributed by atoms with Crippen molar-refractivity contribution in [1.29, 1.82) is 0 Å². The molecule has 0 atom stereocenters. The summed E-state index contributed by atoms with van der Waals surface area (Å²) in [5.74, 6) is 0. The number of hydrogen-bond acceptors (Lipinski definition) is 3. The van der Waals surface area contributed by atoms with Gasteiger partial charge in [-0.25, -0.2) is 0 Å². The molecule has 0 unspecified atom stereocenters. The quantitative estimate of drug-likeness (QED) is 0.640. The first-order valence-corrected chi connectivity index (χ1v) is 8.93. The summed E-state index contributed by atoms with van der Waals surface area (Å²) in [6.45, 7) is 2.10. The van der Waals surface area contributed by atoms with Crippen molar-refractivity contribution < 1.29 is 4.79 Å². The fraction of sp³-hybridized carbons (Fsp3) is 0.200. The molecule has 136 valence electrons. The van der Waals surface area contributed by atoms with Crippen LogP contribution in [0.4, 0.5) is 11.4 Å². The molecule has 5 nitrogen and oxygen atoms in total. The maximum atomic E-state index is 10.4. The minimum atomic E-state index is 0.664. The molecule has 3 rings (SSSR count). The fourth-order valence-corrected chi connectivity index (χ4v) is 2.98. The molecule has 3 aromatic rings. The predicted molar refractivity (Wildman–Crippen MR) is 112 cm³/mol. The molecule has 0 radical (unpaired) electrons. The van der Waals surface area contributed by atoms with Crippen molar-refractivity contribution in [3.05, 3.63) is 64.8 Å². The van der Waals surface area contributed by atoms with E-state index < -0.39 is 0 Å². The van der Waals surface area contributed by atoms with Crippen molar-refractivity contribution in [2.75, 3.05) is 24.3 Å². The van der Waals surface area contributed by atoms with Crippen LogP contribution in [0.3, 0.4) is 0 Å². The number of anilines is 2. The molecule has 0 fully saturated rings. The number of nitrogens with zero attached hydrogens (tertiary/aromatic N) is 3. The van der Waals surface area contributed by atoms with Crippen LogP contribution >= 0.6 is 15.9 Å². The van der Waals surface area contributed by atoms with E-state index in [1.807, 2.05) is 45.4 Å². The first-order chi connectivity index (χ1) is 12.4. The average molecular weight is 415 g/mol. The van der Waals surface area contributed by atoms with Crippen LogP contribution in [0.15, 0.2) is 59.2 Å². The Labute approximate surface area is 162 Å². The number of rotatable bonds is 4. The largest absolute Gasteiger partial charge is 0.378 e. The molecule has 0 saturated heterocycles. The summed E-state index contributed by atoms with van der Waals surface area (Å²) in [6.07, 6.45) is 2.41. The zero-order valence-corrected chi connectivity index (χ0v) is 17.0. The molecular formula is C20H23BrN4O. The lowest BCUT2D eigenvalue weighted by Crippen LogP contribution is -2.07. The maximum Gasteiger partial charge on any atom is 0.211 e. The Kier molecular flexibility index (Phi) is 6.97. The Morgan fingerprint density at radius 3 is 2.38 bits per heavy atom. The second-order valence-corrected chi connectivity index (χ2v) is 6.89. The van der Waals surface area contributed by atoms with Gasteiger partial charge in [0.25, 0.3) is 0 Å². The highest BCUT2D eigenvalue weighted by Gasteiger charge is 2.08. The van der Waals surface area contributed by atoms with E-state index in [0.29, 0.717) is 6.41 Å². The zero-order chi connectivity index (χ0) is 19.1. The van der Waals surface area contributed by atoms with Gasteiger partial charge in [0.05, 0.1) is 16.4 Å². The van der Waals surface area contributed by atoms with Gasteiger partial charge in [0.1, 0.15) is 0 Å². The highest BCUT2D eigenvalue weighted by Crippen LogP contribution is 2.28. The van der Waals surface area contributed by atoms with E-state index in [9.17, 15) is 4.79 Å². The highest BCUT2D eigenvalue weighted by atomic mass is 79.9. The molecule has 26 heavy (non-hydrogen) atoms. The normalized spacial score (nSPS) is 9.88. The molecule has 1 N–H and O–H groups in total. The third-order valence-corrected chi connectivity index (χ3v) is 4.39. The second kappa shape index (κ2) is 9.20. The van der Waals surface area contributed by atoms with Crippen molar-refractivity contribution in [3.8, 4) is 11.3 Å². The van der Waals surface area contributed by atoms with E-state index in [1.54, 1.807) is 10.9 Å². The lowest BCUT2D eigenvalue weighted by molar-refractivity contribution is -0.105. The van der Waals surface area contributed by atoms with E-state index in [-0.39, 0.29) is 0 Å². The molecule has 6 heteroatoms. The topological polar surface area (TPSA) is 50.2 Å². The Morgan fingerprint density at radius 2 is 1.85 bits per heavy atom. The smallest absolute Gasteiger partial charge is 0.211 e. The number of halogens is 1. The molecule has 0 spiro atoms. The van der Waals surface area contributed by atoms with Crippen LogP contribution < -0.4 is 10.2 Å². The zero-order valence-electron chi connectivity index (χ0n) is 15.4. The van der Waals surface area contributed by atoms with Gasteiger partial charge in [-0.1, -0.05) is 29.8 Å². The van der Waals surface area contributed by atoms with Crippen LogP contribution in [-0.4, -0.2) is 30.3 Å². The monoisotopic (exact) mass is 414 g/mol. The van der Waals surface area contributed by atoms with E-state index >= 15 is 0 Å². The lowest BCUT2D eigenvalue weighted by Gasteiger charge is -2.11. The van der Waals surface area contributed by atoms with Crippen molar-refractivity contribution in [2.24, 2.45) is 7.05 Å². The first kappa shape index (κ1) is 19.7. The fourth-order valence-electron chi connectivity index (χ4n) is 2.40. The van der Waals surface area contributed by atoms with Crippen LogP contribution in [0.2, 0.25) is 0 Å². The molecule has 0 aliphatic carbocycles. The molecule has 0 saturated carbocycles. The number of amides is 1. The molecule has 0 aliphatic rings. The number of hydrogen-bond donors (Lipinski definition) is 1.